The molecule has 0 unspecified atom stereocenters. The molecule has 108 valence electrons. The molecule has 0 aromatic carbocycles. The zero-order valence-corrected chi connectivity index (χ0v) is 12.7. The van der Waals surface area contributed by atoms with Gasteiger partial charge >= 0.3 is 0 Å². The van der Waals surface area contributed by atoms with Gasteiger partial charge in [-0.05, 0) is 32.5 Å². The third-order valence-electron chi connectivity index (χ3n) is 3.55. The number of nitrogens with zero attached hydrogens (tertiary/aromatic N) is 2. The Morgan fingerprint density at radius 1 is 1.35 bits per heavy atom. The Morgan fingerprint density at radius 3 is 2.85 bits per heavy atom. The van der Waals surface area contributed by atoms with Gasteiger partial charge in [-0.2, -0.15) is 0 Å². The molecule has 2 aromatic rings. The lowest BCUT2D eigenvalue weighted by Gasteiger charge is -2.14. The third kappa shape index (κ3) is 3.02. The molecule has 0 aliphatic rings. The number of nitrogens with one attached hydrogen (secondary N) is 1. The lowest BCUT2D eigenvalue weighted by Crippen LogP contribution is -2.16. The van der Waals surface area contributed by atoms with E-state index in [1.54, 1.807) is 7.11 Å². The number of aromatic nitrogens is 2. The van der Waals surface area contributed by atoms with Crippen LogP contribution in [0.3, 0.4) is 0 Å². The summed E-state index contributed by atoms with van der Waals surface area (Å²) < 4.78 is 7.70. The van der Waals surface area contributed by atoms with Crippen LogP contribution in [0.4, 0.5) is 0 Å². The van der Waals surface area contributed by atoms with Gasteiger partial charge in [0.05, 0.1) is 19.3 Å². The normalized spacial score (nSPS) is 10.8. The molecular weight excluding hydrogens is 250 g/mol. The zero-order valence-electron chi connectivity index (χ0n) is 12.7. The Hall–Kier alpha value is -1.81. The third-order valence-corrected chi connectivity index (χ3v) is 3.55. The smallest absolute Gasteiger partial charge is 0.128 e. The van der Waals surface area contributed by atoms with E-state index in [1.165, 1.54) is 5.69 Å². The Balaban J connectivity index is 2.24. The fraction of sp³-hybridized carbons (Fsp3) is 0.438. The Bertz CT molecular complexity index is 575. The standard InChI is InChI=1S/C16H23N3O/c1-5-17-10-14-7-6-8-19(14)11-15-13(3)16(20-4)12(2)9-18-15/h6-9,17H,5,10-11H2,1-4H3. The van der Waals surface area contributed by atoms with Crippen LogP contribution in [0.2, 0.25) is 0 Å². The first-order valence-corrected chi connectivity index (χ1v) is 7.01. The average Bonchev–Trinajstić information content (AvgIpc) is 2.87. The molecule has 4 nitrogen and oxygen atoms in total. The van der Waals surface area contributed by atoms with Crippen molar-refractivity contribution in [2.24, 2.45) is 0 Å². The Morgan fingerprint density at radius 2 is 2.15 bits per heavy atom. The van der Waals surface area contributed by atoms with Crippen LogP contribution in [0.15, 0.2) is 24.5 Å². The molecule has 1 N–H and O–H groups in total. The summed E-state index contributed by atoms with van der Waals surface area (Å²) in [5.41, 5.74) is 4.53. The van der Waals surface area contributed by atoms with E-state index in [4.69, 9.17) is 4.74 Å². The summed E-state index contributed by atoms with van der Waals surface area (Å²) in [4.78, 5) is 4.56. The fourth-order valence-electron chi connectivity index (χ4n) is 2.41. The minimum absolute atomic E-state index is 0.774. The molecule has 0 saturated heterocycles. The van der Waals surface area contributed by atoms with Gasteiger partial charge in [-0.15, -0.1) is 0 Å². The van der Waals surface area contributed by atoms with Crippen molar-refractivity contribution in [2.75, 3.05) is 13.7 Å². The second-order valence-electron chi connectivity index (χ2n) is 4.95. The maximum absolute atomic E-state index is 5.47. The van der Waals surface area contributed by atoms with Crippen LogP contribution in [-0.4, -0.2) is 23.2 Å². The van der Waals surface area contributed by atoms with Crippen molar-refractivity contribution in [1.82, 2.24) is 14.9 Å². The summed E-state index contributed by atoms with van der Waals surface area (Å²) in [5, 5.41) is 3.36. The first-order valence-electron chi connectivity index (χ1n) is 7.01. The van der Waals surface area contributed by atoms with Crippen molar-refractivity contribution in [3.05, 3.63) is 47.0 Å². The highest BCUT2D eigenvalue weighted by Crippen LogP contribution is 2.24. The molecule has 0 spiro atoms. The van der Waals surface area contributed by atoms with Gasteiger partial charge < -0.3 is 14.6 Å². The van der Waals surface area contributed by atoms with Crippen LogP contribution in [0, 0.1) is 13.8 Å². The molecule has 0 bridgehead atoms. The van der Waals surface area contributed by atoms with Gasteiger partial charge in [0, 0.05) is 35.8 Å². The van der Waals surface area contributed by atoms with Crippen molar-refractivity contribution in [3.8, 4) is 5.75 Å². The fourth-order valence-corrected chi connectivity index (χ4v) is 2.41. The van der Waals surface area contributed by atoms with E-state index in [0.29, 0.717) is 0 Å². The van der Waals surface area contributed by atoms with Crippen LogP contribution in [0.5, 0.6) is 5.75 Å². The van der Waals surface area contributed by atoms with Gasteiger partial charge in [0.15, 0.2) is 0 Å². The van der Waals surface area contributed by atoms with Crippen LogP contribution < -0.4 is 10.1 Å². The Labute approximate surface area is 120 Å². The number of aryl methyl sites for hydroxylation is 1. The van der Waals surface area contributed by atoms with Gasteiger partial charge in [0.25, 0.3) is 0 Å². The first kappa shape index (κ1) is 14.6. The molecule has 2 rings (SSSR count). The molecule has 0 amide bonds. The van der Waals surface area contributed by atoms with E-state index in [9.17, 15) is 0 Å². The number of methoxy groups -OCH3 is 1. The maximum atomic E-state index is 5.47. The second kappa shape index (κ2) is 6.57. The molecule has 0 radical (unpaired) electrons. The first-order chi connectivity index (χ1) is 9.67. The van der Waals surface area contributed by atoms with Crippen molar-refractivity contribution in [2.45, 2.75) is 33.9 Å². The summed E-state index contributed by atoms with van der Waals surface area (Å²) >= 11 is 0. The van der Waals surface area contributed by atoms with Gasteiger partial charge in [0.1, 0.15) is 5.75 Å². The highest BCUT2D eigenvalue weighted by Gasteiger charge is 2.10. The lowest BCUT2D eigenvalue weighted by atomic mass is 10.1. The monoisotopic (exact) mass is 273 g/mol. The number of rotatable bonds is 6. The maximum Gasteiger partial charge on any atom is 0.128 e. The summed E-state index contributed by atoms with van der Waals surface area (Å²) in [6.45, 7) is 8.84. The van der Waals surface area contributed by atoms with Crippen molar-refractivity contribution in [1.29, 1.82) is 0 Å². The van der Waals surface area contributed by atoms with E-state index in [-0.39, 0.29) is 0 Å². The summed E-state index contributed by atoms with van der Waals surface area (Å²) in [6.07, 6.45) is 3.98. The predicted molar refractivity (Wildman–Crippen MR) is 81.2 cm³/mol. The molecule has 4 heteroatoms. The van der Waals surface area contributed by atoms with E-state index in [2.05, 4.69) is 47.0 Å². The zero-order chi connectivity index (χ0) is 14.5. The number of ether oxygens (including phenoxy) is 1. The predicted octanol–water partition coefficient (Wildman–Crippen LogP) is 2.67. The van der Waals surface area contributed by atoms with Gasteiger partial charge in [-0.1, -0.05) is 6.92 Å². The SMILES string of the molecule is CCNCc1cccn1Cc1ncc(C)c(OC)c1C. The van der Waals surface area contributed by atoms with Crippen LogP contribution >= 0.6 is 0 Å². The van der Waals surface area contributed by atoms with Crippen LogP contribution in [-0.2, 0) is 13.1 Å². The quantitative estimate of drug-likeness (QED) is 0.879. The van der Waals surface area contributed by atoms with Crippen molar-refractivity contribution >= 4 is 0 Å². The molecule has 0 atom stereocenters. The molecule has 20 heavy (non-hydrogen) atoms. The molecule has 2 heterocycles. The topological polar surface area (TPSA) is 39.1 Å². The number of hydrogen-bond donors (Lipinski definition) is 1. The van der Waals surface area contributed by atoms with E-state index >= 15 is 0 Å². The largest absolute Gasteiger partial charge is 0.496 e. The molecule has 0 aliphatic heterocycles. The van der Waals surface area contributed by atoms with Gasteiger partial charge in [-0.3, -0.25) is 4.98 Å². The molecule has 0 aliphatic carbocycles. The Kier molecular flexibility index (Phi) is 4.79. The lowest BCUT2D eigenvalue weighted by molar-refractivity contribution is 0.406. The highest BCUT2D eigenvalue weighted by atomic mass is 16.5. The molecule has 2 aromatic heterocycles. The van der Waals surface area contributed by atoms with Gasteiger partial charge in [-0.25, -0.2) is 0 Å². The summed E-state index contributed by atoms with van der Waals surface area (Å²) in [7, 11) is 1.71. The molecule has 0 saturated carbocycles. The van der Waals surface area contributed by atoms with E-state index in [0.717, 1.165) is 42.2 Å². The van der Waals surface area contributed by atoms with Crippen molar-refractivity contribution in [3.63, 3.8) is 0 Å². The van der Waals surface area contributed by atoms with Crippen LogP contribution in [0.25, 0.3) is 0 Å². The second-order valence-corrected chi connectivity index (χ2v) is 4.95. The minimum atomic E-state index is 0.774. The molecule has 0 fully saturated rings. The van der Waals surface area contributed by atoms with E-state index in [1.807, 2.05) is 13.1 Å². The van der Waals surface area contributed by atoms with Gasteiger partial charge in [0.2, 0.25) is 0 Å². The number of hydrogen-bond acceptors (Lipinski definition) is 3. The van der Waals surface area contributed by atoms with Crippen molar-refractivity contribution < 1.29 is 4.74 Å². The minimum Gasteiger partial charge on any atom is -0.496 e. The summed E-state index contributed by atoms with van der Waals surface area (Å²) in [5.74, 6) is 0.940. The average molecular weight is 273 g/mol. The molecular formula is C16H23N3O. The summed E-state index contributed by atoms with van der Waals surface area (Å²) in [6, 6.07) is 4.22. The highest BCUT2D eigenvalue weighted by molar-refractivity contribution is 5.41. The van der Waals surface area contributed by atoms with Crippen LogP contribution in [0.1, 0.15) is 29.4 Å². The van der Waals surface area contributed by atoms with E-state index < -0.39 is 0 Å². The number of pyridine rings is 1.